The summed E-state index contributed by atoms with van der Waals surface area (Å²) >= 11 is 0. The number of allylic oxidation sites excluding steroid dienone is 1. The highest BCUT2D eigenvalue weighted by Crippen LogP contribution is 2.10. The molecule has 0 aliphatic rings. The molecule has 0 saturated heterocycles. The minimum absolute atomic E-state index is 0.113. The van der Waals surface area contributed by atoms with E-state index < -0.39 is 17.7 Å². The molecule has 0 aliphatic carbocycles. The van der Waals surface area contributed by atoms with Crippen molar-refractivity contribution in [3.05, 3.63) is 47.7 Å². The Kier molecular flexibility index (Phi) is 5.96. The number of carbonyl (C=O) groups is 2. The molecule has 0 saturated carbocycles. The van der Waals surface area contributed by atoms with Crippen LogP contribution in [0.15, 0.2) is 42.2 Å². The average Bonchev–Trinajstić information content (AvgIpc) is 2.35. The Balaban J connectivity index is 2.42. The van der Waals surface area contributed by atoms with E-state index in [2.05, 4.69) is 0 Å². The quantitative estimate of drug-likeness (QED) is 0.482. The SMILES string of the molecule is CC(=CC(=O)OCc1ccccc1)OC(=O)OC(C)(C)C. The summed E-state index contributed by atoms with van der Waals surface area (Å²) in [6.07, 6.45) is 0.249. The van der Waals surface area contributed by atoms with Crippen LogP contribution >= 0.6 is 0 Å². The summed E-state index contributed by atoms with van der Waals surface area (Å²) in [4.78, 5) is 23.0. The van der Waals surface area contributed by atoms with Crippen molar-refractivity contribution >= 4 is 12.1 Å². The number of esters is 1. The van der Waals surface area contributed by atoms with Crippen molar-refractivity contribution in [3.8, 4) is 0 Å². The van der Waals surface area contributed by atoms with Crippen LogP contribution in [0.4, 0.5) is 4.79 Å². The Bertz CT molecular complexity index is 511. The average molecular weight is 292 g/mol. The maximum absolute atomic E-state index is 11.6. The van der Waals surface area contributed by atoms with Crippen LogP contribution in [0.25, 0.3) is 0 Å². The number of carbonyl (C=O) groups excluding carboxylic acids is 2. The van der Waals surface area contributed by atoms with Crippen LogP contribution in [0.2, 0.25) is 0 Å². The van der Waals surface area contributed by atoms with E-state index >= 15 is 0 Å². The topological polar surface area (TPSA) is 61.8 Å². The lowest BCUT2D eigenvalue weighted by Gasteiger charge is -2.18. The molecule has 0 heterocycles. The summed E-state index contributed by atoms with van der Waals surface area (Å²) in [7, 11) is 0. The fourth-order valence-corrected chi connectivity index (χ4v) is 1.37. The van der Waals surface area contributed by atoms with Gasteiger partial charge >= 0.3 is 12.1 Å². The van der Waals surface area contributed by atoms with Gasteiger partial charge in [0.05, 0.1) is 6.08 Å². The summed E-state index contributed by atoms with van der Waals surface area (Å²) in [6, 6.07) is 9.29. The minimum atomic E-state index is -0.855. The molecule has 5 nitrogen and oxygen atoms in total. The Morgan fingerprint density at radius 3 is 2.33 bits per heavy atom. The molecule has 1 rings (SSSR count). The van der Waals surface area contributed by atoms with Crippen molar-refractivity contribution in [2.75, 3.05) is 0 Å². The van der Waals surface area contributed by atoms with Gasteiger partial charge in [-0.15, -0.1) is 0 Å². The largest absolute Gasteiger partial charge is 0.514 e. The first-order valence-corrected chi connectivity index (χ1v) is 6.56. The second-order valence-corrected chi connectivity index (χ2v) is 5.41. The van der Waals surface area contributed by atoms with Crippen LogP contribution in [-0.4, -0.2) is 17.7 Å². The maximum atomic E-state index is 11.6. The van der Waals surface area contributed by atoms with E-state index in [1.165, 1.54) is 6.92 Å². The predicted molar refractivity (Wildman–Crippen MR) is 77.3 cm³/mol. The van der Waals surface area contributed by atoms with Gasteiger partial charge < -0.3 is 14.2 Å². The second kappa shape index (κ2) is 7.47. The monoisotopic (exact) mass is 292 g/mol. The third-order valence-corrected chi connectivity index (χ3v) is 2.18. The summed E-state index contributed by atoms with van der Waals surface area (Å²) < 4.78 is 14.8. The molecule has 21 heavy (non-hydrogen) atoms. The molecule has 0 amide bonds. The molecule has 0 N–H and O–H groups in total. The molecule has 0 unspecified atom stereocenters. The molecular weight excluding hydrogens is 272 g/mol. The van der Waals surface area contributed by atoms with Crippen LogP contribution in [0.1, 0.15) is 33.3 Å². The van der Waals surface area contributed by atoms with Crippen molar-refractivity contribution in [1.82, 2.24) is 0 Å². The molecule has 114 valence electrons. The fourth-order valence-electron chi connectivity index (χ4n) is 1.37. The fraction of sp³-hybridized carbons (Fsp3) is 0.375. The highest BCUT2D eigenvalue weighted by Gasteiger charge is 2.18. The van der Waals surface area contributed by atoms with Gasteiger partial charge in [0.2, 0.25) is 0 Å². The van der Waals surface area contributed by atoms with Gasteiger partial charge in [0.15, 0.2) is 0 Å². The lowest BCUT2D eigenvalue weighted by Crippen LogP contribution is -2.24. The molecule has 1 aromatic rings. The number of hydrogen-bond donors (Lipinski definition) is 0. The van der Waals surface area contributed by atoms with Gasteiger partial charge in [-0.3, -0.25) is 0 Å². The highest BCUT2D eigenvalue weighted by molar-refractivity contribution is 5.82. The van der Waals surface area contributed by atoms with E-state index in [1.807, 2.05) is 30.3 Å². The van der Waals surface area contributed by atoms with Crippen LogP contribution in [0, 0.1) is 0 Å². The van der Waals surface area contributed by atoms with Crippen molar-refractivity contribution in [3.63, 3.8) is 0 Å². The van der Waals surface area contributed by atoms with Crippen molar-refractivity contribution < 1.29 is 23.8 Å². The Hall–Kier alpha value is -2.30. The Morgan fingerprint density at radius 1 is 1.14 bits per heavy atom. The predicted octanol–water partition coefficient (Wildman–Crippen LogP) is 3.59. The number of benzene rings is 1. The molecule has 0 radical (unpaired) electrons. The van der Waals surface area contributed by atoms with Crippen LogP contribution < -0.4 is 0 Å². The third kappa shape index (κ3) is 7.77. The van der Waals surface area contributed by atoms with E-state index in [0.717, 1.165) is 11.6 Å². The lowest BCUT2D eigenvalue weighted by molar-refractivity contribution is -0.139. The van der Waals surface area contributed by atoms with Crippen LogP contribution in [0.5, 0.6) is 0 Å². The molecule has 5 heteroatoms. The molecule has 0 spiro atoms. The number of rotatable bonds is 4. The van der Waals surface area contributed by atoms with Gasteiger partial charge in [-0.1, -0.05) is 30.3 Å². The Labute approximate surface area is 124 Å². The number of ether oxygens (including phenoxy) is 3. The van der Waals surface area contributed by atoms with Gasteiger partial charge in [-0.2, -0.15) is 0 Å². The first kappa shape index (κ1) is 16.8. The van der Waals surface area contributed by atoms with Crippen molar-refractivity contribution in [1.29, 1.82) is 0 Å². The van der Waals surface area contributed by atoms with Gasteiger partial charge in [-0.05, 0) is 33.3 Å². The summed E-state index contributed by atoms with van der Waals surface area (Å²) in [5, 5.41) is 0. The zero-order chi connectivity index (χ0) is 15.9. The summed E-state index contributed by atoms with van der Waals surface area (Å²) in [5.41, 5.74) is 0.232. The van der Waals surface area contributed by atoms with Gasteiger partial charge in [0.25, 0.3) is 0 Å². The molecule has 0 atom stereocenters. The first-order chi connectivity index (χ1) is 9.76. The Morgan fingerprint density at radius 2 is 1.76 bits per heavy atom. The van der Waals surface area contributed by atoms with E-state index in [-0.39, 0.29) is 12.4 Å². The normalized spacial score (nSPS) is 11.7. The lowest BCUT2D eigenvalue weighted by atomic mass is 10.2. The van der Waals surface area contributed by atoms with E-state index in [1.54, 1.807) is 20.8 Å². The molecule has 1 aromatic carbocycles. The zero-order valence-electron chi connectivity index (χ0n) is 12.7. The van der Waals surface area contributed by atoms with Crippen molar-refractivity contribution in [2.24, 2.45) is 0 Å². The van der Waals surface area contributed by atoms with E-state index in [4.69, 9.17) is 14.2 Å². The molecule has 0 aromatic heterocycles. The molecule has 0 aliphatic heterocycles. The maximum Gasteiger partial charge on any atom is 0.514 e. The molecule has 0 fully saturated rings. The second-order valence-electron chi connectivity index (χ2n) is 5.41. The first-order valence-electron chi connectivity index (χ1n) is 6.56. The summed E-state index contributed by atoms with van der Waals surface area (Å²) in [6.45, 7) is 6.81. The zero-order valence-corrected chi connectivity index (χ0v) is 12.7. The summed E-state index contributed by atoms with van der Waals surface area (Å²) in [5.74, 6) is -0.470. The van der Waals surface area contributed by atoms with E-state index in [0.29, 0.717) is 0 Å². The van der Waals surface area contributed by atoms with Gasteiger partial charge in [0, 0.05) is 0 Å². The third-order valence-electron chi connectivity index (χ3n) is 2.18. The van der Waals surface area contributed by atoms with Gasteiger partial charge in [0.1, 0.15) is 18.0 Å². The molecule has 0 bridgehead atoms. The minimum Gasteiger partial charge on any atom is -0.458 e. The van der Waals surface area contributed by atoms with Crippen molar-refractivity contribution in [2.45, 2.75) is 39.9 Å². The van der Waals surface area contributed by atoms with Gasteiger partial charge in [-0.25, -0.2) is 9.59 Å². The van der Waals surface area contributed by atoms with Crippen LogP contribution in [0.3, 0.4) is 0 Å². The van der Waals surface area contributed by atoms with E-state index in [9.17, 15) is 9.59 Å². The smallest absolute Gasteiger partial charge is 0.458 e. The van der Waals surface area contributed by atoms with Crippen LogP contribution in [-0.2, 0) is 25.6 Å². The number of hydrogen-bond acceptors (Lipinski definition) is 5. The highest BCUT2D eigenvalue weighted by atomic mass is 16.7. The molecular formula is C16H20O5. The standard InChI is InChI=1S/C16H20O5/c1-12(20-15(18)21-16(2,3)4)10-14(17)19-11-13-8-6-5-7-9-13/h5-10H,11H2,1-4H3.